The predicted molar refractivity (Wildman–Crippen MR) is 85.4 cm³/mol. The maximum atomic E-state index is 11.9. The summed E-state index contributed by atoms with van der Waals surface area (Å²) in [5.41, 5.74) is 1.95. The zero-order valence-corrected chi connectivity index (χ0v) is 13.4. The Hall–Kier alpha value is -0.620. The third kappa shape index (κ3) is 4.76. The highest BCUT2D eigenvalue weighted by Gasteiger charge is 2.15. The molecule has 2 rings (SSSR count). The summed E-state index contributed by atoms with van der Waals surface area (Å²) in [5, 5.41) is 2.91. The van der Waals surface area contributed by atoms with Crippen molar-refractivity contribution in [3.8, 4) is 0 Å². The number of benzene rings is 1. The summed E-state index contributed by atoms with van der Waals surface area (Å²) < 4.78 is 6.84. The van der Waals surface area contributed by atoms with E-state index >= 15 is 0 Å². The third-order valence-corrected chi connectivity index (χ3v) is 4.14. The molecule has 1 aliphatic carbocycles. The van der Waals surface area contributed by atoms with Crippen LogP contribution in [0.5, 0.6) is 0 Å². The molecule has 0 saturated heterocycles. The lowest BCUT2D eigenvalue weighted by molar-refractivity contribution is -0.123. The first-order chi connectivity index (χ1) is 9.15. The number of rotatable bonds is 4. The van der Waals surface area contributed by atoms with Gasteiger partial charge >= 0.3 is 0 Å². The standard InChI is InChI=1S/C15H20INO2/c1-11-9-12(16)7-8-14(11)17-15(18)10-19-13-5-3-2-4-6-13/h7-9,13H,2-6,10H2,1H3,(H,17,18). The van der Waals surface area contributed by atoms with Crippen molar-refractivity contribution >= 4 is 34.2 Å². The van der Waals surface area contributed by atoms with Gasteiger partial charge in [-0.25, -0.2) is 0 Å². The molecule has 1 saturated carbocycles. The van der Waals surface area contributed by atoms with Gasteiger partial charge in [0, 0.05) is 9.26 Å². The zero-order chi connectivity index (χ0) is 13.7. The first-order valence-corrected chi connectivity index (χ1v) is 7.90. The van der Waals surface area contributed by atoms with E-state index in [0.29, 0.717) is 0 Å². The molecule has 0 unspecified atom stereocenters. The second kappa shape index (κ2) is 7.24. The Morgan fingerprint density at radius 3 is 2.79 bits per heavy atom. The van der Waals surface area contributed by atoms with Crippen LogP contribution in [0.4, 0.5) is 5.69 Å². The maximum absolute atomic E-state index is 11.9. The second-order valence-electron chi connectivity index (χ2n) is 5.08. The number of carbonyl (C=O) groups is 1. The zero-order valence-electron chi connectivity index (χ0n) is 11.2. The molecular formula is C15H20INO2. The number of hydrogen-bond acceptors (Lipinski definition) is 2. The van der Waals surface area contributed by atoms with Crippen molar-refractivity contribution in [1.29, 1.82) is 0 Å². The quantitative estimate of drug-likeness (QED) is 0.814. The van der Waals surface area contributed by atoms with Crippen LogP contribution in [-0.4, -0.2) is 18.6 Å². The van der Waals surface area contributed by atoms with Crippen LogP contribution in [0.3, 0.4) is 0 Å². The van der Waals surface area contributed by atoms with Gasteiger partial charge in [0.2, 0.25) is 5.91 Å². The lowest BCUT2D eigenvalue weighted by Gasteiger charge is -2.21. The van der Waals surface area contributed by atoms with Crippen LogP contribution >= 0.6 is 22.6 Å². The van der Waals surface area contributed by atoms with E-state index in [9.17, 15) is 4.79 Å². The molecule has 0 spiro atoms. The molecule has 19 heavy (non-hydrogen) atoms. The molecule has 0 atom stereocenters. The summed E-state index contributed by atoms with van der Waals surface area (Å²) in [6.45, 7) is 2.16. The van der Waals surface area contributed by atoms with Crippen LogP contribution < -0.4 is 5.32 Å². The van der Waals surface area contributed by atoms with Crippen molar-refractivity contribution in [3.63, 3.8) is 0 Å². The van der Waals surface area contributed by atoms with Gasteiger partial charge in [0.25, 0.3) is 0 Å². The van der Waals surface area contributed by atoms with Crippen molar-refractivity contribution in [1.82, 2.24) is 0 Å². The van der Waals surface area contributed by atoms with Crippen LogP contribution in [-0.2, 0) is 9.53 Å². The van der Waals surface area contributed by atoms with Gasteiger partial charge in [-0.15, -0.1) is 0 Å². The first kappa shape index (κ1) is 14.8. The summed E-state index contributed by atoms with van der Waals surface area (Å²) in [4.78, 5) is 11.9. The fourth-order valence-corrected chi connectivity index (χ4v) is 3.03. The number of ether oxygens (including phenoxy) is 1. The number of halogens is 1. The Bertz CT molecular complexity index is 442. The molecule has 4 heteroatoms. The third-order valence-electron chi connectivity index (χ3n) is 3.46. The first-order valence-electron chi connectivity index (χ1n) is 6.83. The lowest BCUT2D eigenvalue weighted by atomic mass is 9.98. The number of anilines is 1. The highest BCUT2D eigenvalue weighted by Crippen LogP contribution is 2.21. The van der Waals surface area contributed by atoms with Crippen molar-refractivity contribution in [3.05, 3.63) is 27.3 Å². The highest BCUT2D eigenvalue weighted by atomic mass is 127. The SMILES string of the molecule is Cc1cc(I)ccc1NC(=O)COC1CCCCC1. The number of amides is 1. The smallest absolute Gasteiger partial charge is 0.250 e. The minimum absolute atomic E-state index is 0.0603. The largest absolute Gasteiger partial charge is 0.368 e. The number of aryl methyl sites for hydroxylation is 1. The van der Waals surface area contributed by atoms with E-state index in [0.717, 1.165) is 24.1 Å². The van der Waals surface area contributed by atoms with E-state index < -0.39 is 0 Å². The van der Waals surface area contributed by atoms with E-state index in [1.54, 1.807) is 0 Å². The molecule has 0 aromatic heterocycles. The van der Waals surface area contributed by atoms with Crippen molar-refractivity contribution in [2.45, 2.75) is 45.1 Å². The van der Waals surface area contributed by atoms with Crippen molar-refractivity contribution < 1.29 is 9.53 Å². The van der Waals surface area contributed by atoms with Crippen molar-refractivity contribution in [2.24, 2.45) is 0 Å². The Kier molecular flexibility index (Phi) is 5.63. The predicted octanol–water partition coefficient (Wildman–Crippen LogP) is 3.89. The van der Waals surface area contributed by atoms with E-state index in [1.807, 2.05) is 19.1 Å². The number of carbonyl (C=O) groups excluding carboxylic acids is 1. The van der Waals surface area contributed by atoms with Crippen molar-refractivity contribution in [2.75, 3.05) is 11.9 Å². The molecule has 0 radical (unpaired) electrons. The van der Waals surface area contributed by atoms with Gasteiger partial charge in [0.1, 0.15) is 6.61 Å². The summed E-state index contributed by atoms with van der Waals surface area (Å²) in [6.07, 6.45) is 6.21. The van der Waals surface area contributed by atoms with Crippen LogP contribution in [0, 0.1) is 10.5 Å². The van der Waals surface area contributed by atoms with E-state index in [-0.39, 0.29) is 18.6 Å². The second-order valence-corrected chi connectivity index (χ2v) is 6.32. The van der Waals surface area contributed by atoms with Gasteiger partial charge in [-0.2, -0.15) is 0 Å². The van der Waals surface area contributed by atoms with E-state index in [2.05, 4.69) is 34.0 Å². The van der Waals surface area contributed by atoms with Crippen LogP contribution in [0.2, 0.25) is 0 Å². The van der Waals surface area contributed by atoms with E-state index in [4.69, 9.17) is 4.74 Å². The number of hydrogen-bond donors (Lipinski definition) is 1. The maximum Gasteiger partial charge on any atom is 0.250 e. The van der Waals surface area contributed by atoms with Crippen LogP contribution in [0.25, 0.3) is 0 Å². The lowest BCUT2D eigenvalue weighted by Crippen LogP contribution is -2.25. The average molecular weight is 373 g/mol. The molecule has 1 fully saturated rings. The highest BCUT2D eigenvalue weighted by molar-refractivity contribution is 14.1. The molecule has 0 aliphatic heterocycles. The Morgan fingerprint density at radius 1 is 1.37 bits per heavy atom. The summed E-state index contributed by atoms with van der Waals surface area (Å²) >= 11 is 2.26. The van der Waals surface area contributed by atoms with Gasteiger partial charge < -0.3 is 10.1 Å². The number of nitrogens with one attached hydrogen (secondary N) is 1. The molecule has 104 valence electrons. The summed E-state index contributed by atoms with van der Waals surface area (Å²) in [7, 11) is 0. The van der Waals surface area contributed by atoms with Gasteiger partial charge in [0.15, 0.2) is 0 Å². The molecule has 1 aromatic rings. The topological polar surface area (TPSA) is 38.3 Å². The molecule has 0 heterocycles. The Labute approximate surface area is 128 Å². The molecular weight excluding hydrogens is 353 g/mol. The summed E-state index contributed by atoms with van der Waals surface area (Å²) in [5.74, 6) is -0.0603. The normalized spacial score (nSPS) is 16.3. The molecule has 1 aliphatic rings. The monoisotopic (exact) mass is 373 g/mol. The summed E-state index contributed by atoms with van der Waals surface area (Å²) in [6, 6.07) is 5.99. The van der Waals surface area contributed by atoms with Gasteiger partial charge in [-0.05, 0) is 66.1 Å². The average Bonchev–Trinajstić information content (AvgIpc) is 2.41. The van der Waals surface area contributed by atoms with Crippen LogP contribution in [0.1, 0.15) is 37.7 Å². The fourth-order valence-electron chi connectivity index (χ4n) is 2.38. The molecule has 1 N–H and O–H groups in total. The minimum atomic E-state index is -0.0603. The Balaban J connectivity index is 1.80. The van der Waals surface area contributed by atoms with E-state index in [1.165, 1.54) is 22.8 Å². The fraction of sp³-hybridized carbons (Fsp3) is 0.533. The van der Waals surface area contributed by atoms with Gasteiger partial charge in [0.05, 0.1) is 6.10 Å². The van der Waals surface area contributed by atoms with Gasteiger partial charge in [-0.3, -0.25) is 4.79 Å². The van der Waals surface area contributed by atoms with Crippen LogP contribution in [0.15, 0.2) is 18.2 Å². The molecule has 1 aromatic carbocycles. The van der Waals surface area contributed by atoms with Gasteiger partial charge in [-0.1, -0.05) is 19.3 Å². The molecule has 1 amide bonds. The molecule has 0 bridgehead atoms. The Morgan fingerprint density at radius 2 is 2.11 bits per heavy atom. The minimum Gasteiger partial charge on any atom is -0.368 e. The molecule has 3 nitrogen and oxygen atoms in total.